The Labute approximate surface area is 245 Å². The monoisotopic (exact) mass is 546 g/mol. The quantitative estimate of drug-likeness (QED) is 0.206. The maximum atomic E-state index is 6.62. The Morgan fingerprint density at radius 2 is 1.05 bits per heavy atom. The first kappa shape index (κ1) is 24.3. The standard InChI is InChI=1S/C38H27ClN2/c1-37(2)30-19-11-10-18-28(30)35-33(37)34(40-36(39)41-35)24-21-22-32-29(23-24)27-17-9-12-20-31(27)38(32,25-13-5-3-6-14-25)26-15-7-4-8-16-26/h3-23H,1-2H3. The highest BCUT2D eigenvalue weighted by Crippen LogP contribution is 2.57. The van der Waals surface area contributed by atoms with Gasteiger partial charge in [-0.1, -0.05) is 135 Å². The summed E-state index contributed by atoms with van der Waals surface area (Å²) in [6.07, 6.45) is 0. The summed E-state index contributed by atoms with van der Waals surface area (Å²) in [6.45, 7) is 4.52. The topological polar surface area (TPSA) is 25.8 Å². The molecule has 1 aromatic heterocycles. The average Bonchev–Trinajstić information content (AvgIpc) is 3.44. The molecule has 3 heteroatoms. The van der Waals surface area contributed by atoms with Crippen LogP contribution in [0.3, 0.4) is 0 Å². The van der Waals surface area contributed by atoms with Crippen LogP contribution in [0.5, 0.6) is 0 Å². The van der Waals surface area contributed by atoms with Gasteiger partial charge in [0.1, 0.15) is 0 Å². The molecule has 5 aromatic carbocycles. The number of hydrogen-bond donors (Lipinski definition) is 0. The van der Waals surface area contributed by atoms with Gasteiger partial charge in [-0.05, 0) is 56.6 Å². The van der Waals surface area contributed by atoms with Crippen molar-refractivity contribution in [3.05, 3.63) is 166 Å². The van der Waals surface area contributed by atoms with Gasteiger partial charge >= 0.3 is 0 Å². The Morgan fingerprint density at radius 3 is 1.73 bits per heavy atom. The molecule has 0 bridgehead atoms. The number of aromatic nitrogens is 2. The molecule has 1 heterocycles. The zero-order chi connectivity index (χ0) is 27.8. The maximum Gasteiger partial charge on any atom is 0.223 e. The zero-order valence-corrected chi connectivity index (χ0v) is 23.7. The maximum absolute atomic E-state index is 6.62. The highest BCUT2D eigenvalue weighted by molar-refractivity contribution is 6.28. The molecule has 0 spiro atoms. The SMILES string of the molecule is CC1(C)c2ccccc2-c2nc(Cl)nc(-c3ccc4c(c3)-c3ccccc3C4(c3ccccc3)c3ccccc3)c21. The number of hydrogen-bond acceptors (Lipinski definition) is 2. The Hall–Kier alpha value is -4.53. The van der Waals surface area contributed by atoms with Crippen molar-refractivity contribution in [2.75, 3.05) is 0 Å². The van der Waals surface area contributed by atoms with E-state index >= 15 is 0 Å². The first-order chi connectivity index (χ1) is 20.0. The molecule has 6 aromatic rings. The predicted octanol–water partition coefficient (Wildman–Crippen LogP) is 9.47. The fourth-order valence-electron chi connectivity index (χ4n) is 7.39. The second-order valence-electron chi connectivity index (χ2n) is 11.5. The summed E-state index contributed by atoms with van der Waals surface area (Å²) in [7, 11) is 0. The van der Waals surface area contributed by atoms with Crippen LogP contribution < -0.4 is 0 Å². The molecular formula is C38H27ClN2. The van der Waals surface area contributed by atoms with Crippen LogP contribution in [0.25, 0.3) is 33.6 Å². The number of nitrogens with zero attached hydrogens (tertiary/aromatic N) is 2. The summed E-state index contributed by atoms with van der Waals surface area (Å²) in [4.78, 5) is 9.62. The summed E-state index contributed by atoms with van der Waals surface area (Å²) in [5.74, 6) is 0. The minimum Gasteiger partial charge on any atom is -0.218 e. The van der Waals surface area contributed by atoms with Crippen molar-refractivity contribution in [3.8, 4) is 33.6 Å². The van der Waals surface area contributed by atoms with E-state index in [4.69, 9.17) is 21.6 Å². The number of halogens is 1. The minimum absolute atomic E-state index is 0.249. The third-order valence-electron chi connectivity index (χ3n) is 9.09. The summed E-state index contributed by atoms with van der Waals surface area (Å²) in [6, 6.07) is 45.9. The lowest BCUT2D eigenvalue weighted by atomic mass is 9.67. The number of fused-ring (bicyclic) bond motifs is 6. The first-order valence-corrected chi connectivity index (χ1v) is 14.4. The van der Waals surface area contributed by atoms with Gasteiger partial charge in [-0.3, -0.25) is 0 Å². The molecule has 0 atom stereocenters. The summed E-state index contributed by atoms with van der Waals surface area (Å²) in [5, 5.41) is 0.273. The second-order valence-corrected chi connectivity index (χ2v) is 11.9. The highest BCUT2D eigenvalue weighted by atomic mass is 35.5. The molecule has 0 N–H and O–H groups in total. The van der Waals surface area contributed by atoms with E-state index in [-0.39, 0.29) is 10.7 Å². The molecule has 0 aliphatic heterocycles. The van der Waals surface area contributed by atoms with E-state index in [2.05, 4.69) is 141 Å². The van der Waals surface area contributed by atoms with Crippen LogP contribution in [-0.2, 0) is 10.8 Å². The van der Waals surface area contributed by atoms with Crippen molar-refractivity contribution in [2.45, 2.75) is 24.7 Å². The molecular weight excluding hydrogens is 520 g/mol. The third-order valence-corrected chi connectivity index (χ3v) is 9.26. The smallest absolute Gasteiger partial charge is 0.218 e. The van der Waals surface area contributed by atoms with Gasteiger partial charge in [0.2, 0.25) is 5.28 Å². The lowest BCUT2D eigenvalue weighted by Gasteiger charge is -2.34. The Morgan fingerprint density at radius 1 is 0.512 bits per heavy atom. The summed E-state index contributed by atoms with van der Waals surface area (Å²) < 4.78 is 0. The van der Waals surface area contributed by atoms with Crippen molar-refractivity contribution in [1.29, 1.82) is 0 Å². The predicted molar refractivity (Wildman–Crippen MR) is 167 cm³/mol. The average molecular weight is 547 g/mol. The van der Waals surface area contributed by atoms with Gasteiger partial charge in [0.05, 0.1) is 16.8 Å². The van der Waals surface area contributed by atoms with E-state index in [1.54, 1.807) is 0 Å². The number of benzene rings is 5. The fraction of sp³-hybridized carbons (Fsp3) is 0.105. The molecule has 196 valence electrons. The van der Waals surface area contributed by atoms with Crippen molar-refractivity contribution in [2.24, 2.45) is 0 Å². The van der Waals surface area contributed by atoms with Gasteiger partial charge in [-0.2, -0.15) is 0 Å². The molecule has 2 nitrogen and oxygen atoms in total. The van der Waals surface area contributed by atoms with Gasteiger partial charge in [0.15, 0.2) is 0 Å². The van der Waals surface area contributed by atoms with Crippen LogP contribution in [0.2, 0.25) is 5.28 Å². The molecule has 0 saturated carbocycles. The van der Waals surface area contributed by atoms with Gasteiger partial charge in [0.25, 0.3) is 0 Å². The molecule has 0 saturated heterocycles. The van der Waals surface area contributed by atoms with Crippen LogP contribution in [0.4, 0.5) is 0 Å². The lowest BCUT2D eigenvalue weighted by Crippen LogP contribution is -2.28. The Balaban J connectivity index is 1.42. The van der Waals surface area contributed by atoms with Gasteiger partial charge < -0.3 is 0 Å². The number of rotatable bonds is 3. The molecule has 2 aliphatic rings. The first-order valence-electron chi connectivity index (χ1n) is 14.0. The molecule has 0 fully saturated rings. The van der Waals surface area contributed by atoms with Crippen molar-refractivity contribution >= 4 is 11.6 Å². The van der Waals surface area contributed by atoms with E-state index < -0.39 is 5.41 Å². The van der Waals surface area contributed by atoms with Gasteiger partial charge in [-0.25, -0.2) is 9.97 Å². The van der Waals surface area contributed by atoms with E-state index in [0.29, 0.717) is 0 Å². The van der Waals surface area contributed by atoms with Crippen LogP contribution >= 0.6 is 11.6 Å². The molecule has 41 heavy (non-hydrogen) atoms. The molecule has 8 rings (SSSR count). The largest absolute Gasteiger partial charge is 0.223 e. The van der Waals surface area contributed by atoms with Crippen LogP contribution in [0.1, 0.15) is 47.2 Å². The van der Waals surface area contributed by atoms with E-state index in [0.717, 1.165) is 28.1 Å². The van der Waals surface area contributed by atoms with E-state index in [9.17, 15) is 0 Å². The fourth-order valence-corrected chi connectivity index (χ4v) is 7.56. The molecule has 0 radical (unpaired) electrons. The lowest BCUT2D eigenvalue weighted by molar-refractivity contribution is 0.657. The van der Waals surface area contributed by atoms with Gasteiger partial charge in [-0.15, -0.1) is 0 Å². The van der Waals surface area contributed by atoms with E-state index in [1.807, 2.05) is 0 Å². The molecule has 0 amide bonds. The van der Waals surface area contributed by atoms with Crippen molar-refractivity contribution in [3.63, 3.8) is 0 Å². The van der Waals surface area contributed by atoms with Crippen molar-refractivity contribution < 1.29 is 0 Å². The van der Waals surface area contributed by atoms with E-state index in [1.165, 1.54) is 38.9 Å². The van der Waals surface area contributed by atoms with Crippen LogP contribution in [-0.4, -0.2) is 9.97 Å². The van der Waals surface area contributed by atoms with Crippen LogP contribution in [0, 0.1) is 0 Å². The highest BCUT2D eigenvalue weighted by Gasteiger charge is 2.46. The normalized spacial score (nSPS) is 15.1. The van der Waals surface area contributed by atoms with Crippen molar-refractivity contribution in [1.82, 2.24) is 9.97 Å². The van der Waals surface area contributed by atoms with Crippen LogP contribution in [0.15, 0.2) is 127 Å². The second kappa shape index (κ2) is 8.73. The Kier molecular flexibility index (Phi) is 5.17. The van der Waals surface area contributed by atoms with Gasteiger partial charge in [0, 0.05) is 22.1 Å². The zero-order valence-electron chi connectivity index (χ0n) is 22.9. The Bertz CT molecular complexity index is 1940. The molecule has 0 unspecified atom stereocenters. The summed E-state index contributed by atoms with van der Waals surface area (Å²) >= 11 is 6.62. The molecule has 2 aliphatic carbocycles. The third kappa shape index (κ3) is 3.26. The minimum atomic E-state index is -0.423. The summed E-state index contributed by atoms with van der Waals surface area (Å²) in [5.41, 5.74) is 13.3.